The van der Waals surface area contributed by atoms with Gasteiger partial charge >= 0.3 is 0 Å². The molecular weight excluding hydrogens is 176 g/mol. The molecule has 70 valence electrons. The zero-order valence-corrected chi connectivity index (χ0v) is 7.68. The van der Waals surface area contributed by atoms with Gasteiger partial charge in [0.1, 0.15) is 6.04 Å². The maximum absolute atomic E-state index is 11.5. The molecule has 0 spiro atoms. The zero-order chi connectivity index (χ0) is 9.97. The lowest BCUT2D eigenvalue weighted by molar-refractivity contribution is -0.125. The van der Waals surface area contributed by atoms with E-state index in [1.54, 1.807) is 4.90 Å². The minimum Gasteiger partial charge on any atom is -0.321 e. The summed E-state index contributed by atoms with van der Waals surface area (Å²) in [6.07, 6.45) is 0.402. The van der Waals surface area contributed by atoms with Crippen molar-refractivity contribution in [2.45, 2.75) is 12.5 Å². The summed E-state index contributed by atoms with van der Waals surface area (Å²) in [5.41, 5.74) is 1.00. The molecule has 0 aromatic heterocycles. The molecule has 1 unspecified atom stereocenters. The first kappa shape index (κ1) is 8.76. The lowest BCUT2D eigenvalue weighted by Crippen LogP contribution is -2.15. The first-order chi connectivity index (χ1) is 6.81. The van der Waals surface area contributed by atoms with Gasteiger partial charge in [0.25, 0.3) is 0 Å². The molecule has 1 aliphatic rings. The van der Waals surface area contributed by atoms with Crippen LogP contribution in [0.5, 0.6) is 0 Å². The Kier molecular flexibility index (Phi) is 2.19. The molecule has 1 atom stereocenters. The van der Waals surface area contributed by atoms with Gasteiger partial charge in [-0.2, -0.15) is 5.26 Å². The van der Waals surface area contributed by atoms with Gasteiger partial charge in [-0.05, 0) is 5.56 Å². The quantitative estimate of drug-likeness (QED) is 0.646. The average molecular weight is 186 g/mol. The summed E-state index contributed by atoms with van der Waals surface area (Å²) in [6, 6.07) is 11.5. The van der Waals surface area contributed by atoms with E-state index < -0.39 is 0 Å². The van der Waals surface area contributed by atoms with Gasteiger partial charge in [-0.3, -0.25) is 4.79 Å². The maximum atomic E-state index is 11.5. The fourth-order valence-electron chi connectivity index (χ4n) is 1.40. The first-order valence-corrected chi connectivity index (χ1v) is 4.54. The molecular formula is C11H10N2O. The molecule has 0 bridgehead atoms. The number of rotatable bonds is 2. The van der Waals surface area contributed by atoms with Crippen molar-refractivity contribution in [1.29, 1.82) is 5.26 Å². The lowest BCUT2D eigenvalue weighted by Gasteiger charge is -2.01. The number of hydrogen-bond donors (Lipinski definition) is 0. The number of nitriles is 1. The van der Waals surface area contributed by atoms with Crippen LogP contribution in [0.4, 0.5) is 0 Å². The highest BCUT2D eigenvalue weighted by Gasteiger charge is 2.37. The fraction of sp³-hybridized carbons (Fsp3) is 0.273. The van der Waals surface area contributed by atoms with Gasteiger partial charge < -0.3 is 4.90 Å². The highest BCUT2D eigenvalue weighted by atomic mass is 16.2. The lowest BCUT2D eigenvalue weighted by atomic mass is 10.1. The molecule has 1 aliphatic heterocycles. The normalized spacial score (nSPS) is 18.8. The fourth-order valence-corrected chi connectivity index (χ4v) is 1.40. The van der Waals surface area contributed by atoms with Crippen LogP contribution in [0.15, 0.2) is 30.3 Å². The van der Waals surface area contributed by atoms with Crippen LogP contribution in [0, 0.1) is 11.3 Å². The summed E-state index contributed by atoms with van der Waals surface area (Å²) in [6.45, 7) is 0.599. The highest BCUT2D eigenvalue weighted by Crippen LogP contribution is 2.17. The van der Waals surface area contributed by atoms with Gasteiger partial charge in [0.15, 0.2) is 0 Å². The molecule has 0 radical (unpaired) electrons. The van der Waals surface area contributed by atoms with Crippen LogP contribution in [0.1, 0.15) is 5.56 Å². The van der Waals surface area contributed by atoms with E-state index in [-0.39, 0.29) is 11.9 Å². The van der Waals surface area contributed by atoms with Crippen LogP contribution in [0.2, 0.25) is 0 Å². The average Bonchev–Trinajstić information content (AvgIpc) is 2.98. The van der Waals surface area contributed by atoms with Crippen molar-refractivity contribution in [2.75, 3.05) is 6.54 Å². The highest BCUT2D eigenvalue weighted by molar-refractivity contribution is 5.81. The summed E-state index contributed by atoms with van der Waals surface area (Å²) in [5.74, 6) is 0.0442. The van der Waals surface area contributed by atoms with E-state index in [2.05, 4.69) is 6.07 Å². The summed E-state index contributed by atoms with van der Waals surface area (Å²) in [7, 11) is 0. The Bertz CT molecular complexity index is 380. The summed E-state index contributed by atoms with van der Waals surface area (Å²) >= 11 is 0. The molecule has 0 N–H and O–H groups in total. The Labute approximate surface area is 82.6 Å². The standard InChI is InChI=1S/C11H10N2O/c12-7-10-8-13(10)11(14)6-9-4-2-1-3-5-9/h1-5,10H,6,8H2. The molecule has 3 heteroatoms. The molecule has 14 heavy (non-hydrogen) atoms. The third-order valence-electron chi connectivity index (χ3n) is 2.28. The SMILES string of the molecule is N#CC1CN1C(=O)Cc1ccccc1. The van der Waals surface area contributed by atoms with E-state index in [9.17, 15) is 4.79 Å². The molecule has 1 saturated heterocycles. The number of amides is 1. The minimum absolute atomic E-state index is 0.0442. The van der Waals surface area contributed by atoms with Crippen molar-refractivity contribution >= 4 is 5.91 Å². The summed E-state index contributed by atoms with van der Waals surface area (Å²) < 4.78 is 0. The van der Waals surface area contributed by atoms with Crippen molar-refractivity contribution in [3.05, 3.63) is 35.9 Å². The predicted octanol–water partition coefficient (Wildman–Crippen LogP) is 0.963. The van der Waals surface area contributed by atoms with E-state index in [0.29, 0.717) is 13.0 Å². The second-order valence-corrected chi connectivity index (χ2v) is 3.35. The Morgan fingerprint density at radius 1 is 1.50 bits per heavy atom. The molecule has 0 saturated carbocycles. The zero-order valence-electron chi connectivity index (χ0n) is 7.68. The second kappa shape index (κ2) is 3.51. The number of benzene rings is 1. The Morgan fingerprint density at radius 2 is 2.21 bits per heavy atom. The Balaban J connectivity index is 1.94. The van der Waals surface area contributed by atoms with Crippen LogP contribution in [0.25, 0.3) is 0 Å². The smallest absolute Gasteiger partial charge is 0.228 e. The predicted molar refractivity (Wildman–Crippen MR) is 51.3 cm³/mol. The van der Waals surface area contributed by atoms with Crippen LogP contribution in [-0.4, -0.2) is 23.4 Å². The van der Waals surface area contributed by atoms with Crippen molar-refractivity contribution in [1.82, 2.24) is 4.90 Å². The molecule has 1 fully saturated rings. The van der Waals surface area contributed by atoms with E-state index in [1.165, 1.54) is 0 Å². The number of hydrogen-bond acceptors (Lipinski definition) is 2. The van der Waals surface area contributed by atoms with Gasteiger partial charge in [0, 0.05) is 0 Å². The molecule has 0 aliphatic carbocycles. The first-order valence-electron chi connectivity index (χ1n) is 4.54. The summed E-state index contributed by atoms with van der Waals surface area (Å²) in [5, 5.41) is 8.55. The molecule has 1 aromatic carbocycles. The van der Waals surface area contributed by atoms with Gasteiger partial charge in [-0.25, -0.2) is 0 Å². The van der Waals surface area contributed by atoms with Crippen LogP contribution >= 0.6 is 0 Å². The largest absolute Gasteiger partial charge is 0.321 e. The third kappa shape index (κ3) is 1.74. The van der Waals surface area contributed by atoms with Crippen molar-refractivity contribution in [3.8, 4) is 6.07 Å². The van der Waals surface area contributed by atoms with Crippen molar-refractivity contribution < 1.29 is 4.79 Å². The van der Waals surface area contributed by atoms with Gasteiger partial charge in [-0.15, -0.1) is 0 Å². The van der Waals surface area contributed by atoms with Crippen LogP contribution < -0.4 is 0 Å². The molecule has 3 nitrogen and oxygen atoms in total. The van der Waals surface area contributed by atoms with Gasteiger partial charge in [0.05, 0.1) is 19.0 Å². The summed E-state index contributed by atoms with van der Waals surface area (Å²) in [4.78, 5) is 13.1. The second-order valence-electron chi connectivity index (χ2n) is 3.35. The van der Waals surface area contributed by atoms with E-state index >= 15 is 0 Å². The Morgan fingerprint density at radius 3 is 2.79 bits per heavy atom. The van der Waals surface area contributed by atoms with Crippen LogP contribution in [0.3, 0.4) is 0 Å². The topological polar surface area (TPSA) is 43.9 Å². The number of carbonyl (C=O) groups excluding carboxylic acids is 1. The molecule has 2 rings (SSSR count). The molecule has 1 heterocycles. The maximum Gasteiger partial charge on any atom is 0.228 e. The Hall–Kier alpha value is -1.82. The minimum atomic E-state index is -0.175. The molecule has 1 aromatic rings. The number of carbonyl (C=O) groups is 1. The van der Waals surface area contributed by atoms with Gasteiger partial charge in [0.2, 0.25) is 5.91 Å². The third-order valence-corrected chi connectivity index (χ3v) is 2.28. The van der Waals surface area contributed by atoms with E-state index in [4.69, 9.17) is 5.26 Å². The van der Waals surface area contributed by atoms with Crippen molar-refractivity contribution in [2.24, 2.45) is 0 Å². The van der Waals surface area contributed by atoms with Crippen molar-refractivity contribution in [3.63, 3.8) is 0 Å². The van der Waals surface area contributed by atoms with Gasteiger partial charge in [-0.1, -0.05) is 30.3 Å². The monoisotopic (exact) mass is 186 g/mol. The van der Waals surface area contributed by atoms with E-state index in [0.717, 1.165) is 5.56 Å². The number of nitrogens with zero attached hydrogens (tertiary/aromatic N) is 2. The van der Waals surface area contributed by atoms with Crippen LogP contribution in [-0.2, 0) is 11.2 Å². The van der Waals surface area contributed by atoms with E-state index in [1.807, 2.05) is 30.3 Å². The molecule has 1 amide bonds.